The van der Waals surface area contributed by atoms with Gasteiger partial charge in [0.1, 0.15) is 35.3 Å². The van der Waals surface area contributed by atoms with Crippen LogP contribution in [0, 0.1) is 59.2 Å². The first-order valence-electron chi connectivity index (χ1n) is 12.2. The molecule has 0 atom stereocenters. The van der Waals surface area contributed by atoms with Gasteiger partial charge in [0.25, 0.3) is 0 Å². The highest BCUT2D eigenvalue weighted by molar-refractivity contribution is 6.20. The molecule has 0 aliphatic rings. The fourth-order valence-corrected chi connectivity index (χ4v) is 4.74. The third-order valence-electron chi connectivity index (χ3n) is 6.70. The van der Waals surface area contributed by atoms with Crippen LogP contribution in [0.15, 0.2) is 69.5 Å². The van der Waals surface area contributed by atoms with Crippen LogP contribution in [0.5, 0.6) is 0 Å². The second kappa shape index (κ2) is 9.26. The SMILES string of the molecule is Cc1ccc(-c2cc3cc4nc(=C(C#N)C#N)oc4c(-c4ccc(C)cc4)c3c3oc(=C(C#N)C#N)nc23)cc1. The van der Waals surface area contributed by atoms with Gasteiger partial charge in [-0.1, -0.05) is 59.7 Å². The van der Waals surface area contributed by atoms with Gasteiger partial charge in [-0.15, -0.1) is 0 Å². The Hall–Kier alpha value is -6.22. The molecule has 0 aliphatic carbocycles. The summed E-state index contributed by atoms with van der Waals surface area (Å²) in [7, 11) is 0. The van der Waals surface area contributed by atoms with Crippen molar-refractivity contribution >= 4 is 44.1 Å². The lowest BCUT2D eigenvalue weighted by Crippen LogP contribution is -2.03. The Morgan fingerprint density at radius 3 is 1.75 bits per heavy atom. The van der Waals surface area contributed by atoms with Crippen LogP contribution >= 0.6 is 0 Å². The number of hydrogen-bond acceptors (Lipinski definition) is 8. The lowest BCUT2D eigenvalue weighted by molar-refractivity contribution is 0.558. The minimum atomic E-state index is -0.249. The summed E-state index contributed by atoms with van der Waals surface area (Å²) in [4.78, 5) is 9.08. The minimum Gasteiger partial charge on any atom is -0.434 e. The first-order chi connectivity index (χ1) is 19.4. The Bertz CT molecular complexity index is 2280. The van der Waals surface area contributed by atoms with Gasteiger partial charge in [0, 0.05) is 16.5 Å². The third-order valence-corrected chi connectivity index (χ3v) is 6.70. The van der Waals surface area contributed by atoms with E-state index in [9.17, 15) is 21.0 Å². The maximum Gasteiger partial charge on any atom is 0.249 e. The van der Waals surface area contributed by atoms with E-state index in [0.29, 0.717) is 33.1 Å². The predicted octanol–water partition coefficient (Wildman–Crippen LogP) is 5.47. The van der Waals surface area contributed by atoms with E-state index < -0.39 is 0 Å². The fourth-order valence-electron chi connectivity index (χ4n) is 4.74. The zero-order valence-corrected chi connectivity index (χ0v) is 21.3. The Labute approximate surface area is 227 Å². The lowest BCUT2D eigenvalue weighted by atomic mass is 9.92. The summed E-state index contributed by atoms with van der Waals surface area (Å²) in [5.41, 5.74) is 6.16. The molecule has 0 saturated carbocycles. The van der Waals surface area contributed by atoms with Crippen molar-refractivity contribution in [3.05, 3.63) is 82.9 Å². The van der Waals surface area contributed by atoms with Crippen LogP contribution in [-0.2, 0) is 0 Å². The van der Waals surface area contributed by atoms with Crippen LogP contribution in [-0.4, -0.2) is 9.97 Å². The van der Waals surface area contributed by atoms with Crippen molar-refractivity contribution in [1.82, 2.24) is 9.97 Å². The van der Waals surface area contributed by atoms with E-state index in [1.165, 1.54) is 0 Å². The first-order valence-corrected chi connectivity index (χ1v) is 12.2. The second-order valence-corrected chi connectivity index (χ2v) is 9.27. The second-order valence-electron chi connectivity index (χ2n) is 9.27. The van der Waals surface area contributed by atoms with Gasteiger partial charge < -0.3 is 8.83 Å². The number of aryl methyl sites for hydroxylation is 2. The number of rotatable bonds is 2. The van der Waals surface area contributed by atoms with Crippen LogP contribution in [0.3, 0.4) is 0 Å². The first kappa shape index (κ1) is 24.1. The van der Waals surface area contributed by atoms with Crippen molar-refractivity contribution in [2.45, 2.75) is 13.8 Å². The van der Waals surface area contributed by atoms with Gasteiger partial charge in [-0.2, -0.15) is 21.0 Å². The molecular weight excluding hydrogens is 500 g/mol. The largest absolute Gasteiger partial charge is 0.434 e. The molecular formula is C32H16N6O2. The summed E-state index contributed by atoms with van der Waals surface area (Å²) in [6.45, 7) is 3.97. The van der Waals surface area contributed by atoms with E-state index >= 15 is 0 Å². The Balaban J connectivity index is 1.89. The highest BCUT2D eigenvalue weighted by Gasteiger charge is 2.23. The molecule has 0 aliphatic heterocycles. The predicted molar refractivity (Wildman–Crippen MR) is 148 cm³/mol. The van der Waals surface area contributed by atoms with Crippen LogP contribution < -0.4 is 11.1 Å². The van der Waals surface area contributed by atoms with Crippen molar-refractivity contribution in [1.29, 1.82) is 21.0 Å². The average molecular weight is 517 g/mol. The van der Waals surface area contributed by atoms with Gasteiger partial charge in [-0.05, 0) is 42.5 Å². The van der Waals surface area contributed by atoms with E-state index in [1.807, 2.05) is 92.7 Å². The highest BCUT2D eigenvalue weighted by atomic mass is 16.3. The van der Waals surface area contributed by atoms with E-state index in [1.54, 1.807) is 6.07 Å². The number of aromatic nitrogens is 2. The number of oxazole rings is 2. The highest BCUT2D eigenvalue weighted by Crippen LogP contribution is 2.42. The van der Waals surface area contributed by atoms with E-state index in [0.717, 1.165) is 33.2 Å². The third kappa shape index (κ3) is 3.74. The van der Waals surface area contributed by atoms with Gasteiger partial charge >= 0.3 is 0 Å². The molecule has 2 heterocycles. The molecule has 40 heavy (non-hydrogen) atoms. The Morgan fingerprint density at radius 1 is 0.650 bits per heavy atom. The summed E-state index contributed by atoms with van der Waals surface area (Å²) in [5.74, 6) is 0. The van der Waals surface area contributed by atoms with Crippen LogP contribution in [0.4, 0.5) is 0 Å². The summed E-state index contributed by atoms with van der Waals surface area (Å²) < 4.78 is 12.2. The van der Waals surface area contributed by atoms with Crippen molar-refractivity contribution in [2.24, 2.45) is 0 Å². The van der Waals surface area contributed by atoms with Crippen molar-refractivity contribution in [3.8, 4) is 46.5 Å². The molecule has 0 unspecified atom stereocenters. The summed E-state index contributed by atoms with van der Waals surface area (Å²) >= 11 is 0. The van der Waals surface area contributed by atoms with E-state index in [-0.39, 0.29) is 22.2 Å². The molecule has 8 nitrogen and oxygen atoms in total. The van der Waals surface area contributed by atoms with Gasteiger partial charge in [0.05, 0.1) is 0 Å². The molecule has 0 amide bonds. The van der Waals surface area contributed by atoms with Crippen LogP contribution in [0.1, 0.15) is 11.1 Å². The zero-order valence-electron chi connectivity index (χ0n) is 21.3. The number of nitriles is 4. The molecule has 0 saturated heterocycles. The number of hydrogen-bond donors (Lipinski definition) is 0. The molecule has 4 aromatic carbocycles. The Morgan fingerprint density at radius 2 is 1.18 bits per heavy atom. The van der Waals surface area contributed by atoms with Crippen molar-refractivity contribution < 1.29 is 8.83 Å². The average Bonchev–Trinajstić information content (AvgIpc) is 3.59. The van der Waals surface area contributed by atoms with Gasteiger partial charge in [-0.3, -0.25) is 0 Å². The minimum absolute atomic E-state index is 0.0819. The summed E-state index contributed by atoms with van der Waals surface area (Å²) in [6.07, 6.45) is 0. The fraction of sp³-hybridized carbons (Fsp3) is 0.0625. The summed E-state index contributed by atoms with van der Waals surface area (Å²) in [5, 5.41) is 39.4. The number of nitrogens with zero attached hydrogens (tertiary/aromatic N) is 6. The van der Waals surface area contributed by atoms with Crippen LogP contribution in [0.2, 0.25) is 0 Å². The van der Waals surface area contributed by atoms with E-state index in [4.69, 9.17) is 8.83 Å². The molecule has 2 aromatic heterocycles. The molecule has 0 bridgehead atoms. The molecule has 0 spiro atoms. The number of benzene rings is 4. The van der Waals surface area contributed by atoms with Gasteiger partial charge in [0.2, 0.25) is 11.1 Å². The van der Waals surface area contributed by atoms with E-state index in [2.05, 4.69) is 9.97 Å². The smallest absolute Gasteiger partial charge is 0.249 e. The summed E-state index contributed by atoms with van der Waals surface area (Å²) in [6, 6.07) is 26.9. The lowest BCUT2D eigenvalue weighted by Gasteiger charge is -2.11. The maximum atomic E-state index is 9.55. The quantitative estimate of drug-likeness (QED) is 0.294. The molecule has 6 rings (SSSR count). The molecule has 0 radical (unpaired) electrons. The van der Waals surface area contributed by atoms with Crippen molar-refractivity contribution in [2.75, 3.05) is 0 Å². The topological polar surface area (TPSA) is 147 Å². The maximum absolute atomic E-state index is 9.55. The van der Waals surface area contributed by atoms with Crippen molar-refractivity contribution in [3.63, 3.8) is 0 Å². The standard InChI is InChI=1S/C32H16N6O2/c1-17-3-7-19(8-4-17)24-11-21-12-25-29(39-31(37-25)22(13-33)14-34)26(20-9-5-18(2)6-10-20)27(21)30-28(24)38-32(40-30)23(15-35)16-36/h3-12H,1-2H3. The van der Waals surface area contributed by atoms with Gasteiger partial charge in [-0.25, -0.2) is 9.97 Å². The molecule has 8 heteroatoms. The zero-order chi connectivity index (χ0) is 28.0. The normalized spacial score (nSPS) is 10.7. The molecule has 0 fully saturated rings. The molecule has 6 aromatic rings. The van der Waals surface area contributed by atoms with Crippen LogP contribution in [0.25, 0.3) is 66.4 Å². The number of fused-ring (bicyclic) bond motifs is 4. The molecule has 186 valence electrons. The molecule has 0 N–H and O–H groups in total. The van der Waals surface area contributed by atoms with Gasteiger partial charge in [0.15, 0.2) is 22.3 Å². The monoisotopic (exact) mass is 516 g/mol. The Kier molecular flexibility index (Phi) is 5.59.